The predicted octanol–water partition coefficient (Wildman–Crippen LogP) is 0.719. The van der Waals surface area contributed by atoms with E-state index < -0.39 is 23.6 Å². The molecule has 3 aromatic heterocycles. The highest BCUT2D eigenvalue weighted by Crippen LogP contribution is 2.29. The first-order valence-corrected chi connectivity index (χ1v) is 11.0. The van der Waals surface area contributed by atoms with Crippen LogP contribution in [0.15, 0.2) is 29.8 Å². The van der Waals surface area contributed by atoms with E-state index in [0.29, 0.717) is 38.2 Å². The third kappa shape index (κ3) is 4.30. The Morgan fingerprint density at radius 1 is 1.08 bits per heavy atom. The number of amides is 3. The summed E-state index contributed by atoms with van der Waals surface area (Å²) in [6, 6.07) is 0.604. The predicted molar refractivity (Wildman–Crippen MR) is 122 cm³/mol. The highest BCUT2D eigenvalue weighted by molar-refractivity contribution is 5.89. The molecule has 36 heavy (non-hydrogen) atoms. The molecule has 3 amide bonds. The number of nitrogens with two attached hydrogens (primary N) is 1. The van der Waals surface area contributed by atoms with Crippen LogP contribution in [0.2, 0.25) is 0 Å². The molecule has 5 heterocycles. The molecule has 2 N–H and O–H groups in total. The van der Waals surface area contributed by atoms with E-state index in [1.54, 1.807) is 16.0 Å². The third-order valence-corrected chi connectivity index (χ3v) is 5.90. The van der Waals surface area contributed by atoms with Gasteiger partial charge in [-0.3, -0.25) is 9.78 Å². The molecule has 186 valence electrons. The number of rotatable bonds is 4. The molecule has 2 aliphatic heterocycles. The summed E-state index contributed by atoms with van der Waals surface area (Å²) in [5.74, 6) is -2.04. The minimum atomic E-state index is -0.842. The Balaban J connectivity index is 1.28. The van der Waals surface area contributed by atoms with Gasteiger partial charge in [-0.1, -0.05) is 0 Å². The Labute approximate surface area is 203 Å². The Morgan fingerprint density at radius 3 is 2.56 bits per heavy atom. The fraction of sp³-hybridized carbons (Fsp3) is 0.333. The maximum Gasteiger partial charge on any atom is 0.341 e. The number of urea groups is 1. The van der Waals surface area contributed by atoms with Crippen molar-refractivity contribution in [2.75, 3.05) is 31.1 Å². The van der Waals surface area contributed by atoms with Crippen molar-refractivity contribution < 1.29 is 18.4 Å². The SMILES string of the molecule is Cn1nc(C(N)=O)nc1-c1nc(N2CCN(C(=O)N3N=CCC3c3cncc(F)c3)CC2)ncc1F. The maximum absolute atomic E-state index is 14.5. The number of carbonyl (C=O) groups excluding carboxylic acids is 2. The normalized spacial score (nSPS) is 17.6. The number of carbonyl (C=O) groups is 2. The Morgan fingerprint density at radius 2 is 1.86 bits per heavy atom. The van der Waals surface area contributed by atoms with Crippen LogP contribution in [-0.2, 0) is 7.05 Å². The molecular weight excluding hydrogens is 476 g/mol. The van der Waals surface area contributed by atoms with Gasteiger partial charge in [0.15, 0.2) is 11.6 Å². The van der Waals surface area contributed by atoms with Crippen molar-refractivity contribution in [1.29, 1.82) is 0 Å². The molecule has 5 rings (SSSR count). The number of hydrazone groups is 1. The molecule has 0 saturated carbocycles. The minimum Gasteiger partial charge on any atom is -0.363 e. The number of hydrogen-bond acceptors (Lipinski definition) is 9. The van der Waals surface area contributed by atoms with E-state index in [1.165, 1.54) is 29.0 Å². The molecule has 3 aromatic rings. The van der Waals surface area contributed by atoms with Crippen molar-refractivity contribution in [3.8, 4) is 11.5 Å². The van der Waals surface area contributed by atoms with E-state index in [1.807, 2.05) is 0 Å². The molecule has 0 radical (unpaired) electrons. The second-order valence-electron chi connectivity index (χ2n) is 8.20. The summed E-state index contributed by atoms with van der Waals surface area (Å²) in [4.78, 5) is 44.2. The molecule has 0 spiro atoms. The number of hydrogen-bond donors (Lipinski definition) is 1. The van der Waals surface area contributed by atoms with Crippen LogP contribution in [0.4, 0.5) is 19.5 Å². The van der Waals surface area contributed by atoms with Gasteiger partial charge in [-0.2, -0.15) is 5.10 Å². The quantitative estimate of drug-likeness (QED) is 0.554. The number of primary amides is 1. The van der Waals surface area contributed by atoms with Crippen LogP contribution in [0.25, 0.3) is 11.5 Å². The smallest absolute Gasteiger partial charge is 0.341 e. The van der Waals surface area contributed by atoms with E-state index in [4.69, 9.17) is 5.73 Å². The van der Waals surface area contributed by atoms with Gasteiger partial charge in [-0.25, -0.2) is 38.2 Å². The molecule has 13 nitrogen and oxygen atoms in total. The van der Waals surface area contributed by atoms with Gasteiger partial charge >= 0.3 is 6.03 Å². The van der Waals surface area contributed by atoms with Crippen molar-refractivity contribution in [3.05, 3.63) is 47.7 Å². The largest absolute Gasteiger partial charge is 0.363 e. The number of halogens is 2. The summed E-state index contributed by atoms with van der Waals surface area (Å²) in [6.45, 7) is 1.44. The van der Waals surface area contributed by atoms with Crippen LogP contribution in [0.1, 0.15) is 28.6 Å². The number of aromatic nitrogens is 6. The van der Waals surface area contributed by atoms with E-state index in [0.717, 1.165) is 12.4 Å². The first kappa shape index (κ1) is 23.2. The molecule has 0 bridgehead atoms. The second kappa shape index (κ2) is 9.24. The summed E-state index contributed by atoms with van der Waals surface area (Å²) < 4.78 is 29.4. The van der Waals surface area contributed by atoms with E-state index in [2.05, 4.69) is 30.1 Å². The molecule has 1 atom stereocenters. The summed E-state index contributed by atoms with van der Waals surface area (Å²) in [5.41, 5.74) is 5.65. The van der Waals surface area contributed by atoms with Crippen molar-refractivity contribution in [1.82, 2.24) is 39.6 Å². The van der Waals surface area contributed by atoms with Crippen molar-refractivity contribution in [2.24, 2.45) is 17.9 Å². The zero-order valence-corrected chi connectivity index (χ0v) is 19.1. The van der Waals surface area contributed by atoms with Crippen LogP contribution >= 0.6 is 0 Å². The maximum atomic E-state index is 14.5. The topological polar surface area (TPSA) is 152 Å². The molecule has 1 saturated heterocycles. The monoisotopic (exact) mass is 497 g/mol. The second-order valence-corrected chi connectivity index (χ2v) is 8.20. The van der Waals surface area contributed by atoms with Gasteiger partial charge in [0, 0.05) is 52.1 Å². The number of piperazine rings is 1. The van der Waals surface area contributed by atoms with E-state index in [9.17, 15) is 18.4 Å². The van der Waals surface area contributed by atoms with Gasteiger partial charge < -0.3 is 15.5 Å². The Hall–Kier alpha value is -4.56. The summed E-state index contributed by atoms with van der Waals surface area (Å²) >= 11 is 0. The third-order valence-electron chi connectivity index (χ3n) is 5.90. The van der Waals surface area contributed by atoms with Crippen LogP contribution in [0.5, 0.6) is 0 Å². The van der Waals surface area contributed by atoms with Crippen molar-refractivity contribution in [2.45, 2.75) is 12.5 Å². The first-order valence-electron chi connectivity index (χ1n) is 11.0. The molecule has 15 heteroatoms. The van der Waals surface area contributed by atoms with Gasteiger partial charge in [-0.05, 0) is 11.6 Å². The first-order chi connectivity index (χ1) is 17.3. The van der Waals surface area contributed by atoms with Gasteiger partial charge in [-0.15, -0.1) is 5.10 Å². The van der Waals surface area contributed by atoms with E-state index >= 15 is 0 Å². The lowest BCUT2D eigenvalue weighted by Crippen LogP contribution is -2.52. The average Bonchev–Trinajstić information content (AvgIpc) is 3.51. The van der Waals surface area contributed by atoms with Crippen molar-refractivity contribution in [3.63, 3.8) is 0 Å². The summed E-state index contributed by atoms with van der Waals surface area (Å²) in [7, 11) is 1.49. The van der Waals surface area contributed by atoms with Gasteiger partial charge in [0.05, 0.1) is 18.4 Å². The van der Waals surface area contributed by atoms with Crippen LogP contribution in [0.3, 0.4) is 0 Å². The fourth-order valence-corrected chi connectivity index (χ4v) is 4.09. The zero-order chi connectivity index (χ0) is 25.4. The molecule has 2 aliphatic rings. The highest BCUT2D eigenvalue weighted by atomic mass is 19.1. The van der Waals surface area contributed by atoms with Crippen LogP contribution in [0, 0.1) is 11.6 Å². The van der Waals surface area contributed by atoms with Crippen molar-refractivity contribution >= 4 is 24.1 Å². The Bertz CT molecular complexity index is 1350. The average molecular weight is 497 g/mol. The van der Waals surface area contributed by atoms with E-state index in [-0.39, 0.29) is 29.3 Å². The van der Waals surface area contributed by atoms with Crippen LogP contribution < -0.4 is 10.6 Å². The van der Waals surface area contributed by atoms with Crippen LogP contribution in [-0.4, -0.2) is 84.0 Å². The molecular formula is C21H21F2N11O2. The minimum absolute atomic E-state index is 0.0311. The molecule has 0 aliphatic carbocycles. The number of nitrogens with zero attached hydrogens (tertiary/aromatic N) is 10. The molecule has 1 unspecified atom stereocenters. The number of anilines is 1. The Kier molecular flexibility index (Phi) is 5.95. The zero-order valence-electron chi connectivity index (χ0n) is 19.1. The lowest BCUT2D eigenvalue weighted by atomic mass is 10.1. The summed E-state index contributed by atoms with van der Waals surface area (Å²) in [6.07, 6.45) is 5.73. The van der Waals surface area contributed by atoms with Gasteiger partial charge in [0.2, 0.25) is 11.8 Å². The standard InChI is InChI=1S/C21H21F2N11O2/c1-31-19(29-18(30-31)17(24)35)16-14(23)11-26-20(28-16)32-4-6-33(7-5-32)21(36)34-15(2-3-27-34)12-8-13(22)10-25-9-12/h3,8-11,15H,2,4-7H2,1H3,(H2,24,35). The molecule has 1 fully saturated rings. The van der Waals surface area contributed by atoms with Gasteiger partial charge in [0.25, 0.3) is 5.91 Å². The molecule has 0 aromatic carbocycles. The highest BCUT2D eigenvalue weighted by Gasteiger charge is 2.34. The number of pyridine rings is 1. The number of aryl methyl sites for hydroxylation is 1. The lowest BCUT2D eigenvalue weighted by Gasteiger charge is -2.37. The van der Waals surface area contributed by atoms with Gasteiger partial charge in [0.1, 0.15) is 11.5 Å². The fourth-order valence-electron chi connectivity index (χ4n) is 4.09. The summed E-state index contributed by atoms with van der Waals surface area (Å²) in [5, 5.41) is 9.40. The lowest BCUT2D eigenvalue weighted by molar-refractivity contribution is 0.0990.